The molecule has 6 heteroatoms. The molecule has 1 aromatic heterocycles. The number of carbonyl (C=O) groups is 1. The van der Waals surface area contributed by atoms with Gasteiger partial charge in [0.2, 0.25) is 0 Å². The smallest absolute Gasteiger partial charge is 0.331 e. The summed E-state index contributed by atoms with van der Waals surface area (Å²) >= 11 is 5.85. The SMILES string of the molecule is COc1cccc(/C=C/C(=O)OCc2ncc(Cl)n2C)c1. The summed E-state index contributed by atoms with van der Waals surface area (Å²) < 4.78 is 11.9. The molecular weight excluding hydrogens is 292 g/mol. The number of carbonyl (C=O) groups excluding carboxylic acids is 1. The summed E-state index contributed by atoms with van der Waals surface area (Å²) in [5.41, 5.74) is 0.853. The predicted octanol–water partition coefficient (Wildman–Crippen LogP) is 2.84. The molecule has 2 aromatic rings. The van der Waals surface area contributed by atoms with E-state index >= 15 is 0 Å². The van der Waals surface area contributed by atoms with Crippen LogP contribution in [0.25, 0.3) is 6.08 Å². The third-order valence-electron chi connectivity index (χ3n) is 2.88. The van der Waals surface area contributed by atoms with Crippen molar-refractivity contribution in [3.05, 3.63) is 53.1 Å². The zero-order chi connectivity index (χ0) is 15.2. The van der Waals surface area contributed by atoms with Crippen LogP contribution in [0.1, 0.15) is 11.4 Å². The standard InChI is InChI=1S/C15H15ClN2O3/c1-18-13(16)9-17-14(18)10-21-15(19)7-6-11-4-3-5-12(8-11)20-2/h3-9H,10H2,1-2H3/b7-6+. The van der Waals surface area contributed by atoms with Gasteiger partial charge in [0.25, 0.3) is 0 Å². The van der Waals surface area contributed by atoms with E-state index in [1.807, 2.05) is 24.3 Å². The summed E-state index contributed by atoms with van der Waals surface area (Å²) in [4.78, 5) is 15.7. The van der Waals surface area contributed by atoms with Crippen LogP contribution in [0, 0.1) is 0 Å². The maximum absolute atomic E-state index is 11.7. The molecule has 21 heavy (non-hydrogen) atoms. The highest BCUT2D eigenvalue weighted by molar-refractivity contribution is 6.29. The van der Waals surface area contributed by atoms with Crippen molar-refractivity contribution in [1.82, 2.24) is 9.55 Å². The molecule has 0 saturated heterocycles. The monoisotopic (exact) mass is 306 g/mol. The van der Waals surface area contributed by atoms with Gasteiger partial charge in [-0.05, 0) is 23.8 Å². The zero-order valence-electron chi connectivity index (χ0n) is 11.7. The second kappa shape index (κ2) is 6.95. The van der Waals surface area contributed by atoms with Crippen LogP contribution in [0.5, 0.6) is 5.75 Å². The van der Waals surface area contributed by atoms with Gasteiger partial charge in [-0.3, -0.25) is 0 Å². The summed E-state index contributed by atoms with van der Waals surface area (Å²) in [6.07, 6.45) is 4.53. The zero-order valence-corrected chi connectivity index (χ0v) is 12.5. The van der Waals surface area contributed by atoms with Crippen LogP contribution in [-0.4, -0.2) is 22.6 Å². The number of halogens is 1. The van der Waals surface area contributed by atoms with Gasteiger partial charge >= 0.3 is 5.97 Å². The van der Waals surface area contributed by atoms with E-state index in [-0.39, 0.29) is 6.61 Å². The van der Waals surface area contributed by atoms with E-state index in [9.17, 15) is 4.79 Å². The van der Waals surface area contributed by atoms with Crippen molar-refractivity contribution < 1.29 is 14.3 Å². The number of aromatic nitrogens is 2. The first-order valence-corrected chi connectivity index (χ1v) is 6.63. The van der Waals surface area contributed by atoms with E-state index < -0.39 is 5.97 Å². The first-order valence-electron chi connectivity index (χ1n) is 6.25. The summed E-state index contributed by atoms with van der Waals surface area (Å²) in [5, 5.41) is 0.493. The van der Waals surface area contributed by atoms with Gasteiger partial charge in [-0.1, -0.05) is 23.7 Å². The van der Waals surface area contributed by atoms with Gasteiger partial charge in [-0.25, -0.2) is 9.78 Å². The highest BCUT2D eigenvalue weighted by Crippen LogP contribution is 2.14. The van der Waals surface area contributed by atoms with Crippen molar-refractivity contribution in [2.75, 3.05) is 7.11 Å². The quantitative estimate of drug-likeness (QED) is 0.629. The fourth-order valence-electron chi connectivity index (χ4n) is 1.65. The molecule has 0 bridgehead atoms. The fraction of sp³-hybridized carbons (Fsp3) is 0.200. The van der Waals surface area contributed by atoms with Crippen molar-refractivity contribution in [2.45, 2.75) is 6.61 Å². The number of methoxy groups -OCH3 is 1. The van der Waals surface area contributed by atoms with Crippen molar-refractivity contribution in [3.63, 3.8) is 0 Å². The Balaban J connectivity index is 1.92. The average molecular weight is 307 g/mol. The largest absolute Gasteiger partial charge is 0.497 e. The average Bonchev–Trinajstić information content (AvgIpc) is 2.83. The summed E-state index contributed by atoms with van der Waals surface area (Å²) in [7, 11) is 3.35. The topological polar surface area (TPSA) is 53.4 Å². The van der Waals surface area contributed by atoms with Crippen molar-refractivity contribution in [3.8, 4) is 5.75 Å². The van der Waals surface area contributed by atoms with E-state index in [4.69, 9.17) is 21.1 Å². The Bertz CT molecular complexity index is 665. The maximum Gasteiger partial charge on any atom is 0.331 e. The molecular formula is C15H15ClN2O3. The Morgan fingerprint density at radius 3 is 2.95 bits per heavy atom. The Morgan fingerprint density at radius 1 is 1.48 bits per heavy atom. The van der Waals surface area contributed by atoms with E-state index in [0.29, 0.717) is 11.0 Å². The molecule has 0 N–H and O–H groups in total. The van der Waals surface area contributed by atoms with Crippen molar-refractivity contribution >= 4 is 23.6 Å². The Hall–Kier alpha value is -2.27. The molecule has 0 spiro atoms. The van der Waals surface area contributed by atoms with Gasteiger partial charge in [0.1, 0.15) is 23.3 Å². The molecule has 5 nitrogen and oxygen atoms in total. The second-order valence-electron chi connectivity index (χ2n) is 4.27. The van der Waals surface area contributed by atoms with Crippen molar-refractivity contribution in [2.24, 2.45) is 7.05 Å². The molecule has 110 valence electrons. The third-order valence-corrected chi connectivity index (χ3v) is 3.23. The fourth-order valence-corrected chi connectivity index (χ4v) is 1.80. The van der Waals surface area contributed by atoms with Gasteiger partial charge in [-0.2, -0.15) is 0 Å². The Kier molecular flexibility index (Phi) is 5.00. The number of hydrogen-bond donors (Lipinski definition) is 0. The summed E-state index contributed by atoms with van der Waals surface area (Å²) in [6, 6.07) is 7.37. The number of imidazole rings is 1. The van der Waals surface area contributed by atoms with Crippen molar-refractivity contribution in [1.29, 1.82) is 0 Å². The van der Waals surface area contributed by atoms with Crippen LogP contribution >= 0.6 is 11.6 Å². The van der Waals surface area contributed by atoms with Gasteiger partial charge in [0.05, 0.1) is 13.3 Å². The number of rotatable bonds is 5. The van der Waals surface area contributed by atoms with Crippen LogP contribution < -0.4 is 4.74 Å². The molecule has 0 saturated carbocycles. The van der Waals surface area contributed by atoms with E-state index in [1.165, 1.54) is 12.3 Å². The number of ether oxygens (including phenoxy) is 2. The molecule has 0 fully saturated rings. The highest BCUT2D eigenvalue weighted by atomic mass is 35.5. The molecule has 1 heterocycles. The lowest BCUT2D eigenvalue weighted by Gasteiger charge is -2.03. The van der Waals surface area contributed by atoms with Crippen LogP contribution in [0.4, 0.5) is 0 Å². The van der Waals surface area contributed by atoms with E-state index in [1.54, 1.807) is 24.8 Å². The summed E-state index contributed by atoms with van der Waals surface area (Å²) in [6.45, 7) is 0.0739. The molecule has 2 rings (SSSR count). The molecule has 0 aliphatic carbocycles. The molecule has 0 atom stereocenters. The molecule has 0 aliphatic rings. The molecule has 1 aromatic carbocycles. The molecule has 0 radical (unpaired) electrons. The second-order valence-corrected chi connectivity index (χ2v) is 4.66. The van der Waals surface area contributed by atoms with Gasteiger partial charge < -0.3 is 14.0 Å². The van der Waals surface area contributed by atoms with Crippen LogP contribution in [0.3, 0.4) is 0 Å². The highest BCUT2D eigenvalue weighted by Gasteiger charge is 2.06. The Labute approximate surface area is 127 Å². The Morgan fingerprint density at radius 2 is 2.29 bits per heavy atom. The lowest BCUT2D eigenvalue weighted by atomic mass is 10.2. The molecule has 0 unspecified atom stereocenters. The molecule has 0 aliphatic heterocycles. The van der Waals surface area contributed by atoms with Gasteiger partial charge in [0.15, 0.2) is 0 Å². The number of hydrogen-bond acceptors (Lipinski definition) is 4. The minimum absolute atomic E-state index is 0.0739. The minimum atomic E-state index is -0.447. The van der Waals surface area contributed by atoms with Crippen LogP contribution in [0.2, 0.25) is 5.15 Å². The maximum atomic E-state index is 11.7. The lowest BCUT2D eigenvalue weighted by Crippen LogP contribution is -2.05. The summed E-state index contributed by atoms with van der Waals surface area (Å²) in [5.74, 6) is 0.869. The van der Waals surface area contributed by atoms with Gasteiger partial charge in [0, 0.05) is 13.1 Å². The first-order chi connectivity index (χ1) is 10.1. The predicted molar refractivity (Wildman–Crippen MR) is 80.0 cm³/mol. The first kappa shape index (κ1) is 15.1. The van der Waals surface area contributed by atoms with Gasteiger partial charge in [-0.15, -0.1) is 0 Å². The lowest BCUT2D eigenvalue weighted by molar-refractivity contribution is -0.139. The van der Waals surface area contributed by atoms with E-state index in [2.05, 4.69) is 4.98 Å². The number of esters is 1. The van der Waals surface area contributed by atoms with Crippen LogP contribution in [0.15, 0.2) is 36.5 Å². The molecule has 0 amide bonds. The van der Waals surface area contributed by atoms with E-state index in [0.717, 1.165) is 11.3 Å². The normalized spacial score (nSPS) is 10.8. The number of benzene rings is 1. The van der Waals surface area contributed by atoms with Crippen LogP contribution in [-0.2, 0) is 23.2 Å². The third kappa shape index (κ3) is 4.10. The minimum Gasteiger partial charge on any atom is -0.497 e. The number of nitrogens with zero attached hydrogens (tertiary/aromatic N) is 2.